The summed E-state index contributed by atoms with van der Waals surface area (Å²) >= 11 is 0. The Hall–Kier alpha value is -4.77. The van der Waals surface area contributed by atoms with Crippen LogP contribution < -0.4 is 14.2 Å². The van der Waals surface area contributed by atoms with E-state index in [1.165, 1.54) is 27.4 Å². The summed E-state index contributed by atoms with van der Waals surface area (Å²) in [6, 6.07) is 9.38. The van der Waals surface area contributed by atoms with E-state index in [4.69, 9.17) is 28.4 Å². The number of benzene rings is 3. The minimum absolute atomic E-state index is 0.00853. The molecule has 0 saturated heterocycles. The smallest absolute Gasteiger partial charge is 0.188 e. The van der Waals surface area contributed by atoms with Crippen LogP contribution in [0.1, 0.15) is 16.7 Å². The van der Waals surface area contributed by atoms with Crippen LogP contribution in [-0.2, 0) is 14.2 Å². The van der Waals surface area contributed by atoms with Crippen LogP contribution in [0.25, 0.3) is 34.2 Å². The second-order valence-corrected chi connectivity index (χ2v) is 11.4. The third-order valence-corrected chi connectivity index (χ3v) is 7.74. The summed E-state index contributed by atoms with van der Waals surface area (Å²) in [5, 5.41) is 63.6. The highest BCUT2D eigenvalue weighted by Crippen LogP contribution is 2.41. The number of ether oxygens (including phenoxy) is 6. The van der Waals surface area contributed by atoms with Crippen molar-refractivity contribution in [2.75, 3.05) is 54.4 Å². The first-order chi connectivity index (χ1) is 23.9. The number of aliphatic hydroxyl groups is 3. The zero-order chi connectivity index (χ0) is 36.5. The predicted molar refractivity (Wildman–Crippen MR) is 181 cm³/mol. The molecule has 0 aliphatic heterocycles. The molecule has 15 heteroatoms. The monoisotopic (exact) mass is 697 g/mol. The molecule has 0 radical (unpaired) electrons. The number of methoxy groups -OCH3 is 3. The lowest BCUT2D eigenvalue weighted by Crippen LogP contribution is -2.22. The van der Waals surface area contributed by atoms with Crippen molar-refractivity contribution in [1.82, 2.24) is 15.0 Å². The number of aliphatic hydroxyl groups excluding tert-OH is 3. The zero-order valence-electron chi connectivity index (χ0n) is 28.7. The Morgan fingerprint density at radius 3 is 1.12 bits per heavy atom. The summed E-state index contributed by atoms with van der Waals surface area (Å²) in [5.74, 6) is 0.336. The van der Waals surface area contributed by atoms with Crippen LogP contribution in [0.2, 0.25) is 0 Å². The molecular weight excluding hydrogens is 654 g/mol. The van der Waals surface area contributed by atoms with E-state index in [0.29, 0.717) is 28.2 Å². The maximum atomic E-state index is 11.3. The first-order valence-corrected chi connectivity index (χ1v) is 15.6. The summed E-state index contributed by atoms with van der Waals surface area (Å²) in [6.07, 6.45) is -2.93. The molecule has 1 aromatic heterocycles. The van der Waals surface area contributed by atoms with Crippen LogP contribution in [0.15, 0.2) is 36.4 Å². The number of hydrogen-bond donors (Lipinski definition) is 6. The van der Waals surface area contributed by atoms with Gasteiger partial charge in [-0.3, -0.25) is 0 Å². The predicted octanol–water partition coefficient (Wildman–Crippen LogP) is 3.03. The molecule has 270 valence electrons. The van der Waals surface area contributed by atoms with Gasteiger partial charge in [-0.1, -0.05) is 0 Å². The van der Waals surface area contributed by atoms with Crippen LogP contribution in [0.5, 0.6) is 34.5 Å². The molecule has 0 fully saturated rings. The van der Waals surface area contributed by atoms with E-state index >= 15 is 0 Å². The first kappa shape index (κ1) is 38.0. The van der Waals surface area contributed by atoms with Gasteiger partial charge in [0.05, 0.1) is 29.9 Å². The summed E-state index contributed by atoms with van der Waals surface area (Å²) in [6.45, 7) is 4.71. The van der Waals surface area contributed by atoms with E-state index in [-0.39, 0.29) is 90.2 Å². The lowest BCUT2D eigenvalue weighted by molar-refractivity contribution is -0.0969. The Morgan fingerprint density at radius 1 is 0.500 bits per heavy atom. The van der Waals surface area contributed by atoms with Crippen molar-refractivity contribution >= 4 is 0 Å². The summed E-state index contributed by atoms with van der Waals surface area (Å²) in [5.41, 5.74) is 1.63. The summed E-state index contributed by atoms with van der Waals surface area (Å²) < 4.78 is 31.7. The van der Waals surface area contributed by atoms with Gasteiger partial charge in [0.2, 0.25) is 0 Å². The van der Waals surface area contributed by atoms with Gasteiger partial charge in [-0.15, -0.1) is 0 Å². The van der Waals surface area contributed by atoms with E-state index in [1.807, 2.05) is 0 Å². The molecule has 0 aliphatic rings. The molecule has 6 N–H and O–H groups in total. The van der Waals surface area contributed by atoms with Crippen molar-refractivity contribution < 1.29 is 59.1 Å². The molecule has 1 heterocycles. The van der Waals surface area contributed by atoms with Crippen molar-refractivity contribution in [2.45, 2.75) is 39.3 Å². The Balaban J connectivity index is 1.82. The number of phenolic OH excluding ortho intramolecular Hbond substituents is 3. The highest BCUT2D eigenvalue weighted by atomic mass is 16.6. The fourth-order valence-corrected chi connectivity index (χ4v) is 4.87. The molecule has 0 spiro atoms. The third-order valence-electron chi connectivity index (χ3n) is 7.74. The number of nitrogens with zero attached hydrogens (tertiary/aromatic N) is 3. The first-order valence-electron chi connectivity index (χ1n) is 15.6. The van der Waals surface area contributed by atoms with Crippen LogP contribution in [0, 0.1) is 20.8 Å². The van der Waals surface area contributed by atoms with Gasteiger partial charge >= 0.3 is 0 Å². The van der Waals surface area contributed by atoms with Crippen molar-refractivity contribution in [2.24, 2.45) is 0 Å². The summed E-state index contributed by atoms with van der Waals surface area (Å²) in [7, 11) is 4.25. The quantitative estimate of drug-likeness (QED) is 0.0875. The molecule has 4 rings (SSSR count). The van der Waals surface area contributed by atoms with E-state index in [9.17, 15) is 30.6 Å². The molecule has 15 nitrogen and oxygen atoms in total. The Labute approximate surface area is 289 Å². The molecular formula is C35H43N3O12. The highest BCUT2D eigenvalue weighted by Gasteiger charge is 2.23. The Bertz CT molecular complexity index is 1680. The molecule has 0 bridgehead atoms. The van der Waals surface area contributed by atoms with Crippen molar-refractivity contribution in [3.8, 4) is 68.7 Å². The van der Waals surface area contributed by atoms with Gasteiger partial charge in [0.15, 0.2) is 23.8 Å². The minimum Gasteiger partial charge on any atom is -0.507 e. The number of rotatable bonds is 17. The minimum atomic E-state index is -1.17. The summed E-state index contributed by atoms with van der Waals surface area (Å²) in [4.78, 5) is 13.8. The average Bonchev–Trinajstić information content (AvgIpc) is 3.10. The maximum Gasteiger partial charge on any atom is 0.188 e. The largest absolute Gasteiger partial charge is 0.507 e. The van der Waals surface area contributed by atoms with Gasteiger partial charge in [-0.25, -0.2) is 15.0 Å². The molecule has 3 unspecified atom stereocenters. The van der Waals surface area contributed by atoms with Crippen molar-refractivity contribution in [3.05, 3.63) is 53.1 Å². The lowest BCUT2D eigenvalue weighted by atomic mass is 10.1. The normalized spacial score (nSPS) is 13.1. The Morgan fingerprint density at radius 2 is 0.820 bits per heavy atom. The molecule has 3 aromatic carbocycles. The second-order valence-electron chi connectivity index (χ2n) is 11.4. The fraction of sp³-hybridized carbons (Fsp3) is 0.400. The average molecular weight is 698 g/mol. The van der Waals surface area contributed by atoms with Gasteiger partial charge < -0.3 is 59.1 Å². The Kier molecular flexibility index (Phi) is 13.1. The fourth-order valence-electron chi connectivity index (χ4n) is 4.87. The van der Waals surface area contributed by atoms with Crippen LogP contribution in [-0.4, -0.2) is 118 Å². The van der Waals surface area contributed by atoms with Gasteiger partial charge in [-0.2, -0.15) is 0 Å². The second kappa shape index (κ2) is 17.2. The van der Waals surface area contributed by atoms with Crippen molar-refractivity contribution in [1.29, 1.82) is 0 Å². The molecule has 0 amide bonds. The molecule has 0 saturated carbocycles. The number of phenols is 3. The topological polar surface area (TPSA) is 215 Å². The van der Waals surface area contributed by atoms with E-state index in [1.54, 1.807) is 51.1 Å². The van der Waals surface area contributed by atoms with Crippen LogP contribution >= 0.6 is 0 Å². The van der Waals surface area contributed by atoms with Gasteiger partial charge in [0.25, 0.3) is 0 Å². The van der Waals surface area contributed by atoms with E-state index in [0.717, 1.165) is 0 Å². The zero-order valence-corrected chi connectivity index (χ0v) is 28.7. The standard InChI is InChI=1S/C35H43N3O12/c1-18-26(48-15-21(39)13-45-4)10-7-23(30(18)42)33-36-34(24-8-11-27(19(2)31(24)43)49-16-22(40)14-46-5)38-35(37-33)25-9-12-28(20(3)32(25)44)50-17-29(41)47-6/h7-12,21-22,29,39-44H,13-17H2,1-6H3. The molecule has 50 heavy (non-hydrogen) atoms. The van der Waals surface area contributed by atoms with Gasteiger partial charge in [0.1, 0.15) is 66.5 Å². The van der Waals surface area contributed by atoms with Crippen LogP contribution in [0.3, 0.4) is 0 Å². The molecule has 0 aliphatic carbocycles. The van der Waals surface area contributed by atoms with Crippen molar-refractivity contribution in [3.63, 3.8) is 0 Å². The highest BCUT2D eigenvalue weighted by molar-refractivity contribution is 5.77. The lowest BCUT2D eigenvalue weighted by Gasteiger charge is -2.17. The van der Waals surface area contributed by atoms with Crippen LogP contribution in [0.4, 0.5) is 0 Å². The number of hydrogen-bond acceptors (Lipinski definition) is 15. The van der Waals surface area contributed by atoms with E-state index < -0.39 is 18.5 Å². The third kappa shape index (κ3) is 8.87. The SMILES string of the molecule is COCC(O)COc1ccc(-c2nc(-c3ccc(OCC(O)COC)c(C)c3O)nc(-c3ccc(OCC(O)OC)c(C)c3O)n2)c(O)c1C. The molecule has 3 atom stereocenters. The van der Waals surface area contributed by atoms with E-state index in [2.05, 4.69) is 15.0 Å². The molecule has 4 aromatic rings. The van der Waals surface area contributed by atoms with Gasteiger partial charge in [-0.05, 0) is 57.2 Å². The van der Waals surface area contributed by atoms with Gasteiger partial charge in [0, 0.05) is 38.0 Å². The number of aromatic hydroxyl groups is 3. The number of aromatic nitrogens is 3. The maximum absolute atomic E-state index is 11.3.